The first-order valence-corrected chi connectivity index (χ1v) is 9.96. The number of halogens is 2. The monoisotopic (exact) mass is 430 g/mol. The molecule has 1 aromatic carbocycles. The molecule has 1 fully saturated rings. The van der Waals surface area contributed by atoms with Crippen LogP contribution < -0.4 is 5.32 Å². The first-order chi connectivity index (χ1) is 14.4. The minimum atomic E-state index is -0.985. The molecule has 3 heterocycles. The first kappa shape index (κ1) is 20.3. The van der Waals surface area contributed by atoms with Gasteiger partial charge in [0.05, 0.1) is 17.8 Å². The van der Waals surface area contributed by atoms with Crippen LogP contribution in [0.1, 0.15) is 34.9 Å². The number of nitrogens with zero attached hydrogens (tertiary/aromatic N) is 2. The van der Waals surface area contributed by atoms with E-state index < -0.39 is 23.9 Å². The van der Waals surface area contributed by atoms with Crippen molar-refractivity contribution in [3.05, 3.63) is 64.8 Å². The fraction of sp³-hybridized carbons (Fsp3) is 0.286. The Balaban J connectivity index is 1.60. The van der Waals surface area contributed by atoms with Crippen molar-refractivity contribution in [3.63, 3.8) is 0 Å². The molecule has 4 rings (SSSR count). The second kappa shape index (κ2) is 8.41. The number of benzene rings is 1. The van der Waals surface area contributed by atoms with Crippen molar-refractivity contribution in [1.29, 1.82) is 0 Å². The molecule has 1 unspecified atom stereocenters. The molecule has 3 aromatic rings. The summed E-state index contributed by atoms with van der Waals surface area (Å²) in [5.74, 6) is -1.22. The van der Waals surface area contributed by atoms with Crippen LogP contribution in [0.2, 0.25) is 5.15 Å². The van der Waals surface area contributed by atoms with Crippen molar-refractivity contribution in [2.75, 3.05) is 13.1 Å². The second-order valence-corrected chi connectivity index (χ2v) is 7.68. The number of H-pyrrole nitrogens is 1. The summed E-state index contributed by atoms with van der Waals surface area (Å²) in [6.45, 7) is 0.786. The number of aliphatic hydroxyl groups is 1. The van der Waals surface area contributed by atoms with E-state index in [0.29, 0.717) is 42.2 Å². The Morgan fingerprint density at radius 3 is 2.63 bits per heavy atom. The van der Waals surface area contributed by atoms with Crippen molar-refractivity contribution in [2.24, 2.45) is 0 Å². The van der Waals surface area contributed by atoms with Gasteiger partial charge >= 0.3 is 0 Å². The number of carbonyl (C=O) groups excluding carboxylic acids is 2. The molecule has 30 heavy (non-hydrogen) atoms. The normalized spacial score (nSPS) is 15.9. The van der Waals surface area contributed by atoms with Gasteiger partial charge in [0.25, 0.3) is 5.91 Å². The zero-order valence-corrected chi connectivity index (χ0v) is 16.7. The van der Waals surface area contributed by atoms with Gasteiger partial charge in [-0.2, -0.15) is 0 Å². The summed E-state index contributed by atoms with van der Waals surface area (Å²) in [7, 11) is 0. The van der Waals surface area contributed by atoms with Crippen molar-refractivity contribution in [3.8, 4) is 0 Å². The number of pyridine rings is 1. The number of piperidine rings is 1. The smallest absolute Gasteiger partial charge is 0.268 e. The van der Waals surface area contributed by atoms with E-state index >= 15 is 0 Å². The fourth-order valence-electron chi connectivity index (χ4n) is 3.55. The molecule has 1 aliphatic heterocycles. The van der Waals surface area contributed by atoms with E-state index in [-0.39, 0.29) is 11.6 Å². The summed E-state index contributed by atoms with van der Waals surface area (Å²) in [5.41, 5.74) is 1.36. The van der Waals surface area contributed by atoms with Crippen molar-refractivity contribution >= 4 is 34.3 Å². The maximum Gasteiger partial charge on any atom is 0.268 e. The van der Waals surface area contributed by atoms with Crippen LogP contribution in [-0.4, -0.2) is 51.0 Å². The van der Waals surface area contributed by atoms with Crippen molar-refractivity contribution in [1.82, 2.24) is 20.2 Å². The van der Waals surface area contributed by atoms with Gasteiger partial charge in [0.1, 0.15) is 22.7 Å². The number of hydrogen-bond acceptors (Lipinski definition) is 4. The van der Waals surface area contributed by atoms with Crippen LogP contribution in [0.4, 0.5) is 4.39 Å². The molecule has 7 nitrogen and oxygen atoms in total. The topological polar surface area (TPSA) is 98.3 Å². The molecular formula is C21H20ClFN4O3. The van der Waals surface area contributed by atoms with Crippen LogP contribution >= 0.6 is 11.6 Å². The second-order valence-electron chi connectivity index (χ2n) is 7.29. The number of nitrogens with one attached hydrogen (secondary N) is 2. The van der Waals surface area contributed by atoms with Crippen LogP contribution in [0.25, 0.3) is 10.9 Å². The van der Waals surface area contributed by atoms with Gasteiger partial charge in [-0.05, 0) is 42.7 Å². The van der Waals surface area contributed by atoms with Gasteiger partial charge < -0.3 is 20.3 Å². The lowest BCUT2D eigenvalue weighted by atomic mass is 10.0. The predicted octanol–water partition coefficient (Wildman–Crippen LogP) is 2.81. The summed E-state index contributed by atoms with van der Waals surface area (Å²) in [5, 5.41) is 13.5. The standard InChI is InChI=1S/C21H20ClFN4O3/c22-18-10-13-9-16(25-17(13)11-24-18)20(29)26-19(12-1-3-14(23)4-2-12)21(30)27-7-5-15(28)6-8-27/h1-4,9-11,15,19,25,28H,5-8H2,(H,26,29). The number of amides is 2. The minimum absolute atomic E-state index is 0.253. The SMILES string of the molecule is O=C(NC(C(=O)N1CCC(O)CC1)c1ccc(F)cc1)c1cc2cc(Cl)ncc2[nH]1. The highest BCUT2D eigenvalue weighted by molar-refractivity contribution is 6.30. The zero-order chi connectivity index (χ0) is 21.3. The Bertz CT molecular complexity index is 1080. The van der Waals surface area contributed by atoms with E-state index in [4.69, 9.17) is 11.6 Å². The summed E-state index contributed by atoms with van der Waals surface area (Å²) >= 11 is 5.90. The number of aromatic nitrogens is 2. The van der Waals surface area contributed by atoms with E-state index in [1.165, 1.54) is 30.5 Å². The summed E-state index contributed by atoms with van der Waals surface area (Å²) in [6, 6.07) is 7.73. The molecule has 0 spiro atoms. The van der Waals surface area contributed by atoms with Gasteiger partial charge in [0.15, 0.2) is 0 Å². The lowest BCUT2D eigenvalue weighted by molar-refractivity contribution is -0.135. The lowest BCUT2D eigenvalue weighted by Gasteiger charge is -2.32. The highest BCUT2D eigenvalue weighted by Gasteiger charge is 2.30. The number of likely N-dealkylation sites (tertiary alicyclic amines) is 1. The van der Waals surface area contributed by atoms with Crippen LogP contribution in [0, 0.1) is 5.82 Å². The number of rotatable bonds is 4. The fourth-order valence-corrected chi connectivity index (χ4v) is 3.71. The Kier molecular flexibility index (Phi) is 5.69. The highest BCUT2D eigenvalue weighted by atomic mass is 35.5. The van der Waals surface area contributed by atoms with E-state index in [2.05, 4.69) is 15.3 Å². The molecule has 2 aromatic heterocycles. The van der Waals surface area contributed by atoms with E-state index in [0.717, 1.165) is 5.39 Å². The van der Waals surface area contributed by atoms with Gasteiger partial charge in [-0.15, -0.1) is 0 Å². The Morgan fingerprint density at radius 1 is 1.23 bits per heavy atom. The number of aliphatic hydroxyl groups excluding tert-OH is 1. The third kappa shape index (κ3) is 4.29. The van der Waals surface area contributed by atoms with E-state index in [1.54, 1.807) is 17.0 Å². The van der Waals surface area contributed by atoms with E-state index in [9.17, 15) is 19.1 Å². The predicted molar refractivity (Wildman–Crippen MR) is 110 cm³/mol. The molecule has 9 heteroatoms. The van der Waals surface area contributed by atoms with Crippen molar-refractivity contribution < 1.29 is 19.1 Å². The molecule has 1 saturated heterocycles. The van der Waals surface area contributed by atoms with Crippen LogP contribution in [0.15, 0.2) is 42.6 Å². The summed E-state index contributed by atoms with van der Waals surface area (Å²) < 4.78 is 13.4. The largest absolute Gasteiger partial charge is 0.393 e. The third-order valence-electron chi connectivity index (χ3n) is 5.22. The zero-order valence-electron chi connectivity index (χ0n) is 15.9. The van der Waals surface area contributed by atoms with Crippen LogP contribution in [0.3, 0.4) is 0 Å². The minimum Gasteiger partial charge on any atom is -0.393 e. The summed E-state index contributed by atoms with van der Waals surface area (Å²) in [4.78, 5) is 34.6. The Hall–Kier alpha value is -2.97. The van der Waals surface area contributed by atoms with E-state index in [1.807, 2.05) is 0 Å². The quantitative estimate of drug-likeness (QED) is 0.554. The van der Waals surface area contributed by atoms with Gasteiger partial charge in [-0.1, -0.05) is 23.7 Å². The Labute approximate surface area is 176 Å². The number of hydrogen-bond donors (Lipinski definition) is 3. The molecule has 0 saturated carbocycles. The molecule has 0 bridgehead atoms. The van der Waals surface area contributed by atoms with Gasteiger partial charge in [0.2, 0.25) is 5.91 Å². The van der Waals surface area contributed by atoms with Crippen LogP contribution in [-0.2, 0) is 4.79 Å². The van der Waals surface area contributed by atoms with Gasteiger partial charge in [-0.25, -0.2) is 9.37 Å². The number of aromatic amines is 1. The number of carbonyl (C=O) groups is 2. The molecule has 156 valence electrons. The average molecular weight is 431 g/mol. The number of fused-ring (bicyclic) bond motifs is 1. The molecular weight excluding hydrogens is 411 g/mol. The van der Waals surface area contributed by atoms with Gasteiger partial charge in [0, 0.05) is 18.5 Å². The molecule has 1 aliphatic rings. The van der Waals surface area contributed by atoms with Gasteiger partial charge in [-0.3, -0.25) is 9.59 Å². The maximum absolute atomic E-state index is 13.4. The lowest BCUT2D eigenvalue weighted by Crippen LogP contribution is -2.47. The third-order valence-corrected chi connectivity index (χ3v) is 5.42. The maximum atomic E-state index is 13.4. The molecule has 3 N–H and O–H groups in total. The molecule has 0 aliphatic carbocycles. The molecule has 2 amide bonds. The molecule has 1 atom stereocenters. The highest BCUT2D eigenvalue weighted by Crippen LogP contribution is 2.22. The Morgan fingerprint density at radius 2 is 1.93 bits per heavy atom. The summed E-state index contributed by atoms with van der Waals surface area (Å²) in [6.07, 6.45) is 2.05. The van der Waals surface area contributed by atoms with Crippen molar-refractivity contribution in [2.45, 2.75) is 25.0 Å². The average Bonchev–Trinajstić information content (AvgIpc) is 3.16. The molecule has 0 radical (unpaired) electrons. The van der Waals surface area contributed by atoms with Crippen LogP contribution in [0.5, 0.6) is 0 Å². The first-order valence-electron chi connectivity index (χ1n) is 9.58.